The Kier molecular flexibility index (Phi) is 7.46. The Morgan fingerprint density at radius 3 is 2.48 bits per heavy atom. The van der Waals surface area contributed by atoms with Crippen molar-refractivity contribution in [3.05, 3.63) is 66.0 Å². The number of hydrogen-bond donors (Lipinski definition) is 2. The number of anilines is 1. The molecule has 7 nitrogen and oxygen atoms in total. The molecule has 0 saturated heterocycles. The zero-order valence-electron chi connectivity index (χ0n) is 18.1. The van der Waals surface area contributed by atoms with Crippen LogP contribution in [-0.2, 0) is 9.59 Å². The number of hydrogen-bond acceptors (Lipinski definition) is 5. The molecule has 1 unspecified atom stereocenters. The van der Waals surface area contributed by atoms with E-state index in [9.17, 15) is 9.59 Å². The average Bonchev–Trinajstić information content (AvgIpc) is 3.20. The number of benzene rings is 2. The fourth-order valence-electron chi connectivity index (χ4n) is 3.11. The number of rotatable bonds is 8. The second kappa shape index (κ2) is 10.3. The van der Waals surface area contributed by atoms with Gasteiger partial charge in [0, 0.05) is 18.3 Å². The van der Waals surface area contributed by atoms with Gasteiger partial charge in [-0.25, -0.2) is 0 Å². The molecule has 31 heavy (non-hydrogen) atoms. The summed E-state index contributed by atoms with van der Waals surface area (Å²) in [5, 5.41) is 14.6. The first-order chi connectivity index (χ1) is 14.8. The maximum Gasteiger partial charge on any atom is 0.230 e. The minimum absolute atomic E-state index is 0.105. The molecule has 162 valence electrons. The smallest absolute Gasteiger partial charge is 0.230 e. The van der Waals surface area contributed by atoms with Crippen LogP contribution in [0.25, 0.3) is 5.69 Å². The van der Waals surface area contributed by atoms with E-state index >= 15 is 0 Å². The summed E-state index contributed by atoms with van der Waals surface area (Å²) >= 11 is 1.34. The molecule has 0 radical (unpaired) electrons. The highest BCUT2D eigenvalue weighted by molar-refractivity contribution is 7.99. The Labute approximate surface area is 186 Å². The van der Waals surface area contributed by atoms with Gasteiger partial charge in [0.25, 0.3) is 0 Å². The standard InChI is InChI=1S/C23H27N5O2S/c1-15(2)18-8-10-21(11-9-18)28-14-24-27-23(28)31-13-22(30)25-16(3)19-6-5-7-20(12-19)26-17(4)29/h5-12,14-16H,13H2,1-4H3,(H,25,30)(H,26,29). The number of amides is 2. The third-order valence-corrected chi connectivity index (χ3v) is 5.71. The van der Waals surface area contributed by atoms with Crippen LogP contribution in [0.5, 0.6) is 0 Å². The molecule has 0 aliphatic rings. The molecule has 0 saturated carbocycles. The first kappa shape index (κ1) is 22.6. The van der Waals surface area contributed by atoms with Gasteiger partial charge in [-0.2, -0.15) is 0 Å². The van der Waals surface area contributed by atoms with Crippen molar-refractivity contribution in [3.8, 4) is 5.69 Å². The summed E-state index contributed by atoms with van der Waals surface area (Å²) in [7, 11) is 0. The van der Waals surface area contributed by atoms with Crippen LogP contribution in [0.1, 0.15) is 50.8 Å². The van der Waals surface area contributed by atoms with Gasteiger partial charge in [0.2, 0.25) is 11.8 Å². The van der Waals surface area contributed by atoms with Crippen molar-refractivity contribution in [2.45, 2.75) is 44.8 Å². The fourth-order valence-corrected chi connectivity index (χ4v) is 3.85. The molecule has 2 aromatic carbocycles. The second-order valence-electron chi connectivity index (χ2n) is 7.61. The van der Waals surface area contributed by atoms with Crippen LogP contribution in [0, 0.1) is 0 Å². The number of carbonyl (C=O) groups excluding carboxylic acids is 2. The monoisotopic (exact) mass is 437 g/mol. The highest BCUT2D eigenvalue weighted by Crippen LogP contribution is 2.22. The van der Waals surface area contributed by atoms with E-state index in [0.29, 0.717) is 16.8 Å². The summed E-state index contributed by atoms with van der Waals surface area (Å²) in [4.78, 5) is 23.7. The Balaban J connectivity index is 1.59. The first-order valence-electron chi connectivity index (χ1n) is 10.1. The van der Waals surface area contributed by atoms with Crippen molar-refractivity contribution >= 4 is 29.3 Å². The SMILES string of the molecule is CC(=O)Nc1cccc(C(C)NC(=O)CSc2nncn2-c2ccc(C(C)C)cc2)c1. The van der Waals surface area contributed by atoms with E-state index in [1.165, 1.54) is 24.2 Å². The van der Waals surface area contributed by atoms with Crippen LogP contribution in [0.4, 0.5) is 5.69 Å². The zero-order chi connectivity index (χ0) is 22.4. The molecular formula is C23H27N5O2S. The Hall–Kier alpha value is -3.13. The Bertz CT molecular complexity index is 1050. The molecule has 0 aliphatic heterocycles. The lowest BCUT2D eigenvalue weighted by molar-refractivity contribution is -0.119. The van der Waals surface area contributed by atoms with E-state index in [2.05, 4.69) is 46.8 Å². The molecule has 8 heteroatoms. The van der Waals surface area contributed by atoms with Crippen LogP contribution < -0.4 is 10.6 Å². The van der Waals surface area contributed by atoms with Crippen LogP contribution >= 0.6 is 11.8 Å². The van der Waals surface area contributed by atoms with Gasteiger partial charge in [0.05, 0.1) is 11.8 Å². The highest BCUT2D eigenvalue weighted by Gasteiger charge is 2.14. The topological polar surface area (TPSA) is 88.9 Å². The van der Waals surface area contributed by atoms with Crippen molar-refractivity contribution in [1.82, 2.24) is 20.1 Å². The predicted molar refractivity (Wildman–Crippen MR) is 123 cm³/mol. The Morgan fingerprint density at radius 2 is 1.81 bits per heavy atom. The van der Waals surface area contributed by atoms with Crippen LogP contribution in [0.3, 0.4) is 0 Å². The van der Waals surface area contributed by atoms with E-state index in [-0.39, 0.29) is 23.6 Å². The highest BCUT2D eigenvalue weighted by atomic mass is 32.2. The lowest BCUT2D eigenvalue weighted by Crippen LogP contribution is -2.28. The average molecular weight is 438 g/mol. The van der Waals surface area contributed by atoms with Gasteiger partial charge in [-0.3, -0.25) is 14.2 Å². The largest absolute Gasteiger partial charge is 0.349 e. The third kappa shape index (κ3) is 6.18. The van der Waals surface area contributed by atoms with E-state index in [4.69, 9.17) is 0 Å². The Morgan fingerprint density at radius 1 is 1.06 bits per heavy atom. The van der Waals surface area contributed by atoms with Crippen molar-refractivity contribution in [2.75, 3.05) is 11.1 Å². The summed E-state index contributed by atoms with van der Waals surface area (Å²) in [6, 6.07) is 15.5. The fraction of sp³-hybridized carbons (Fsp3) is 0.304. The van der Waals surface area contributed by atoms with Crippen molar-refractivity contribution in [2.24, 2.45) is 0 Å². The van der Waals surface area contributed by atoms with Crippen LogP contribution in [0.2, 0.25) is 0 Å². The van der Waals surface area contributed by atoms with Gasteiger partial charge in [-0.1, -0.05) is 49.9 Å². The normalized spacial score (nSPS) is 11.9. The zero-order valence-corrected chi connectivity index (χ0v) is 18.9. The van der Waals surface area contributed by atoms with Gasteiger partial charge >= 0.3 is 0 Å². The van der Waals surface area contributed by atoms with Crippen LogP contribution in [0.15, 0.2) is 60.0 Å². The van der Waals surface area contributed by atoms with E-state index < -0.39 is 0 Å². The maximum absolute atomic E-state index is 12.5. The van der Waals surface area contributed by atoms with Crippen molar-refractivity contribution in [3.63, 3.8) is 0 Å². The molecular weight excluding hydrogens is 410 g/mol. The summed E-state index contributed by atoms with van der Waals surface area (Å²) < 4.78 is 1.88. The van der Waals surface area contributed by atoms with Crippen molar-refractivity contribution < 1.29 is 9.59 Å². The number of nitrogens with zero attached hydrogens (tertiary/aromatic N) is 3. The number of nitrogens with one attached hydrogen (secondary N) is 2. The number of aromatic nitrogens is 3. The molecule has 3 rings (SSSR count). The van der Waals surface area contributed by atoms with Crippen molar-refractivity contribution in [1.29, 1.82) is 0 Å². The lowest BCUT2D eigenvalue weighted by atomic mass is 10.0. The molecule has 0 spiro atoms. The van der Waals surface area contributed by atoms with E-state index in [1.807, 2.05) is 47.9 Å². The quantitative estimate of drug-likeness (QED) is 0.513. The van der Waals surface area contributed by atoms with Gasteiger partial charge < -0.3 is 10.6 Å². The molecule has 1 aromatic heterocycles. The first-order valence-corrected chi connectivity index (χ1v) is 11.1. The molecule has 1 atom stereocenters. The van der Waals surface area contributed by atoms with E-state index in [0.717, 1.165) is 11.3 Å². The summed E-state index contributed by atoms with van der Waals surface area (Å²) in [6.07, 6.45) is 1.65. The van der Waals surface area contributed by atoms with Crippen LogP contribution in [-0.4, -0.2) is 32.3 Å². The minimum Gasteiger partial charge on any atom is -0.349 e. The molecule has 3 aromatic rings. The third-order valence-electron chi connectivity index (χ3n) is 4.77. The van der Waals surface area contributed by atoms with Gasteiger partial charge in [0.1, 0.15) is 6.33 Å². The minimum atomic E-state index is -0.191. The summed E-state index contributed by atoms with van der Waals surface area (Å²) in [6.45, 7) is 7.69. The summed E-state index contributed by atoms with van der Waals surface area (Å²) in [5.74, 6) is 0.451. The van der Waals surface area contributed by atoms with Gasteiger partial charge in [0.15, 0.2) is 5.16 Å². The molecule has 0 bridgehead atoms. The number of thioether (sulfide) groups is 1. The molecule has 0 aliphatic carbocycles. The van der Waals surface area contributed by atoms with Gasteiger partial charge in [-0.15, -0.1) is 10.2 Å². The van der Waals surface area contributed by atoms with E-state index in [1.54, 1.807) is 6.33 Å². The summed E-state index contributed by atoms with van der Waals surface area (Å²) in [5.41, 5.74) is 3.84. The van der Waals surface area contributed by atoms with Gasteiger partial charge in [-0.05, 0) is 48.2 Å². The number of carbonyl (C=O) groups is 2. The second-order valence-corrected chi connectivity index (χ2v) is 8.56. The molecule has 2 N–H and O–H groups in total. The lowest BCUT2D eigenvalue weighted by Gasteiger charge is -2.15. The molecule has 0 fully saturated rings. The molecule has 1 heterocycles. The predicted octanol–water partition coefficient (Wildman–Crippen LogP) is 4.32. The maximum atomic E-state index is 12.5. The molecule has 2 amide bonds.